The number of piperazine rings is 1. The van der Waals surface area contributed by atoms with Crippen LogP contribution in [0.5, 0.6) is 0 Å². The number of likely N-dealkylation sites (N-methyl/N-ethyl adjacent to an activating group) is 1. The Morgan fingerprint density at radius 1 is 1.43 bits per heavy atom. The van der Waals surface area contributed by atoms with E-state index in [4.69, 9.17) is 17.3 Å². The van der Waals surface area contributed by atoms with Crippen molar-refractivity contribution in [1.82, 2.24) is 14.7 Å². The van der Waals surface area contributed by atoms with Gasteiger partial charge in [0.05, 0.1) is 17.3 Å². The van der Waals surface area contributed by atoms with Crippen LogP contribution in [0.15, 0.2) is 11.0 Å². The molecule has 2 heterocycles. The van der Waals surface area contributed by atoms with Crippen LogP contribution < -0.4 is 16.2 Å². The van der Waals surface area contributed by atoms with Gasteiger partial charge in [-0.15, -0.1) is 0 Å². The molecule has 1 aromatic heterocycles. The molecule has 116 valence electrons. The highest BCUT2D eigenvalue weighted by molar-refractivity contribution is 6.33. The predicted molar refractivity (Wildman–Crippen MR) is 83.9 cm³/mol. The van der Waals surface area contributed by atoms with E-state index < -0.39 is 0 Å². The molecule has 7 heteroatoms. The molecule has 21 heavy (non-hydrogen) atoms. The Bertz CT molecular complexity index is 571. The first-order valence-corrected chi connectivity index (χ1v) is 7.88. The Balaban J connectivity index is 1.94. The lowest BCUT2D eigenvalue weighted by Gasteiger charge is -2.40. The summed E-state index contributed by atoms with van der Waals surface area (Å²) in [5.74, 6) is 0.599. The van der Waals surface area contributed by atoms with Crippen molar-refractivity contribution in [3.63, 3.8) is 0 Å². The molecule has 1 aliphatic carbocycles. The first kappa shape index (κ1) is 14.8. The van der Waals surface area contributed by atoms with E-state index in [-0.39, 0.29) is 11.6 Å². The molecule has 1 atom stereocenters. The first-order chi connectivity index (χ1) is 10.1. The number of hydrogen-bond acceptors (Lipinski definition) is 5. The van der Waals surface area contributed by atoms with Gasteiger partial charge in [0.15, 0.2) is 0 Å². The monoisotopic (exact) mass is 311 g/mol. The fourth-order valence-corrected chi connectivity index (χ4v) is 3.13. The normalized spacial score (nSPS) is 23.6. The molecule has 2 N–H and O–H groups in total. The topological polar surface area (TPSA) is 67.4 Å². The highest BCUT2D eigenvalue weighted by Crippen LogP contribution is 2.30. The fourth-order valence-electron chi connectivity index (χ4n) is 2.90. The molecule has 0 aromatic carbocycles. The molecule has 2 fully saturated rings. The SMILES string of the molecule is CN1CCN(c2c(Cl)cnn(CC3CC3)c2=O)C(CN)C1. The van der Waals surface area contributed by atoms with Crippen LogP contribution in [-0.4, -0.2) is 53.9 Å². The lowest BCUT2D eigenvalue weighted by atomic mass is 10.1. The Kier molecular flexibility index (Phi) is 4.19. The van der Waals surface area contributed by atoms with E-state index >= 15 is 0 Å². The van der Waals surface area contributed by atoms with Gasteiger partial charge in [0.2, 0.25) is 0 Å². The number of rotatable bonds is 4. The second kappa shape index (κ2) is 5.94. The van der Waals surface area contributed by atoms with Gasteiger partial charge in [-0.3, -0.25) is 4.79 Å². The average molecular weight is 312 g/mol. The van der Waals surface area contributed by atoms with E-state index in [0.29, 0.717) is 29.7 Å². The molecule has 6 nitrogen and oxygen atoms in total. The summed E-state index contributed by atoms with van der Waals surface area (Å²) in [6.07, 6.45) is 3.96. The lowest BCUT2D eigenvalue weighted by Crippen LogP contribution is -2.56. The number of hydrogen-bond donors (Lipinski definition) is 1. The molecule has 1 aromatic rings. The van der Waals surface area contributed by atoms with E-state index in [9.17, 15) is 4.79 Å². The number of nitrogens with zero attached hydrogens (tertiary/aromatic N) is 4. The summed E-state index contributed by atoms with van der Waals surface area (Å²) in [5.41, 5.74) is 6.37. The summed E-state index contributed by atoms with van der Waals surface area (Å²) in [6, 6.07) is 0.116. The maximum absolute atomic E-state index is 12.7. The summed E-state index contributed by atoms with van der Waals surface area (Å²) in [5, 5.41) is 4.61. The Morgan fingerprint density at radius 3 is 2.86 bits per heavy atom. The van der Waals surface area contributed by atoms with Crippen molar-refractivity contribution in [2.75, 3.05) is 38.1 Å². The van der Waals surface area contributed by atoms with Crippen LogP contribution in [0.3, 0.4) is 0 Å². The molecule has 1 unspecified atom stereocenters. The van der Waals surface area contributed by atoms with Gasteiger partial charge in [-0.2, -0.15) is 5.10 Å². The van der Waals surface area contributed by atoms with Crippen LogP contribution in [0.4, 0.5) is 5.69 Å². The Hall–Kier alpha value is -1.11. The van der Waals surface area contributed by atoms with E-state index in [1.165, 1.54) is 12.8 Å². The molecule has 1 saturated carbocycles. The minimum Gasteiger partial charge on any atom is -0.359 e. The van der Waals surface area contributed by atoms with Gasteiger partial charge in [-0.05, 0) is 25.8 Å². The quantitative estimate of drug-likeness (QED) is 0.871. The van der Waals surface area contributed by atoms with Gasteiger partial charge in [0.1, 0.15) is 5.69 Å². The molecule has 3 rings (SSSR count). The Labute approximate surface area is 129 Å². The van der Waals surface area contributed by atoms with Gasteiger partial charge < -0.3 is 15.5 Å². The van der Waals surface area contributed by atoms with E-state index in [1.807, 2.05) is 0 Å². The smallest absolute Gasteiger partial charge is 0.291 e. The second-order valence-electron chi connectivity index (χ2n) is 6.12. The number of halogens is 1. The fraction of sp³-hybridized carbons (Fsp3) is 0.714. The minimum atomic E-state index is -0.0857. The van der Waals surface area contributed by atoms with Crippen LogP contribution in [0.1, 0.15) is 12.8 Å². The molecular weight excluding hydrogens is 290 g/mol. The van der Waals surface area contributed by atoms with Crippen molar-refractivity contribution >= 4 is 17.3 Å². The standard InChI is InChI=1S/C14H22ClN5O/c1-18-4-5-19(11(6-16)9-18)13-12(15)7-17-20(14(13)21)8-10-2-3-10/h7,10-11H,2-6,8-9,16H2,1H3. The third kappa shape index (κ3) is 3.07. The van der Waals surface area contributed by atoms with E-state index in [2.05, 4.69) is 21.9 Å². The summed E-state index contributed by atoms with van der Waals surface area (Å²) >= 11 is 6.27. The molecule has 1 saturated heterocycles. The lowest BCUT2D eigenvalue weighted by molar-refractivity contribution is 0.269. The third-order valence-corrected chi connectivity index (χ3v) is 4.62. The van der Waals surface area contributed by atoms with E-state index in [0.717, 1.165) is 19.6 Å². The van der Waals surface area contributed by atoms with Gasteiger partial charge in [-0.25, -0.2) is 4.68 Å². The van der Waals surface area contributed by atoms with Crippen LogP contribution in [0.25, 0.3) is 0 Å². The number of anilines is 1. The molecular formula is C14H22ClN5O. The van der Waals surface area contributed by atoms with Crippen LogP contribution >= 0.6 is 11.6 Å². The molecule has 0 radical (unpaired) electrons. The van der Waals surface area contributed by atoms with Gasteiger partial charge >= 0.3 is 0 Å². The highest BCUT2D eigenvalue weighted by atomic mass is 35.5. The van der Waals surface area contributed by atoms with Gasteiger partial charge in [0.25, 0.3) is 5.56 Å². The van der Waals surface area contributed by atoms with Crippen molar-refractivity contribution in [3.8, 4) is 0 Å². The van der Waals surface area contributed by atoms with Gasteiger partial charge in [-0.1, -0.05) is 11.6 Å². The molecule has 2 aliphatic rings. The van der Waals surface area contributed by atoms with Gasteiger partial charge in [0, 0.05) is 32.7 Å². The first-order valence-electron chi connectivity index (χ1n) is 7.51. The van der Waals surface area contributed by atoms with Crippen LogP contribution in [0, 0.1) is 5.92 Å². The highest BCUT2D eigenvalue weighted by Gasteiger charge is 2.29. The van der Waals surface area contributed by atoms with Crippen LogP contribution in [-0.2, 0) is 6.54 Å². The molecule has 0 spiro atoms. The maximum Gasteiger partial charge on any atom is 0.291 e. The van der Waals surface area contributed by atoms with Crippen molar-refractivity contribution in [2.45, 2.75) is 25.4 Å². The van der Waals surface area contributed by atoms with Crippen molar-refractivity contribution in [3.05, 3.63) is 21.6 Å². The zero-order valence-corrected chi connectivity index (χ0v) is 13.1. The molecule has 1 aliphatic heterocycles. The van der Waals surface area contributed by atoms with Crippen LogP contribution in [0.2, 0.25) is 5.02 Å². The minimum absolute atomic E-state index is 0.0857. The van der Waals surface area contributed by atoms with Crippen molar-refractivity contribution in [1.29, 1.82) is 0 Å². The molecule has 0 bridgehead atoms. The van der Waals surface area contributed by atoms with Crippen molar-refractivity contribution in [2.24, 2.45) is 11.7 Å². The zero-order chi connectivity index (χ0) is 15.0. The zero-order valence-electron chi connectivity index (χ0n) is 12.3. The summed E-state index contributed by atoms with van der Waals surface area (Å²) in [6.45, 7) is 3.71. The Morgan fingerprint density at radius 2 is 2.19 bits per heavy atom. The summed E-state index contributed by atoms with van der Waals surface area (Å²) < 4.78 is 1.56. The van der Waals surface area contributed by atoms with E-state index in [1.54, 1.807) is 10.9 Å². The predicted octanol–water partition coefficient (Wildman–Crippen LogP) is 0.386. The summed E-state index contributed by atoms with van der Waals surface area (Å²) in [7, 11) is 2.07. The van der Waals surface area contributed by atoms with Crippen molar-refractivity contribution < 1.29 is 0 Å². The largest absolute Gasteiger partial charge is 0.359 e. The summed E-state index contributed by atoms with van der Waals surface area (Å²) in [4.78, 5) is 17.0. The number of aromatic nitrogens is 2. The second-order valence-corrected chi connectivity index (χ2v) is 6.52. The maximum atomic E-state index is 12.7. The molecule has 0 amide bonds. The number of nitrogens with two attached hydrogens (primary N) is 1. The third-order valence-electron chi connectivity index (χ3n) is 4.35. The average Bonchev–Trinajstić information content (AvgIpc) is 3.27.